The summed E-state index contributed by atoms with van der Waals surface area (Å²) in [6, 6.07) is 22.1. The Labute approximate surface area is 231 Å². The molecule has 1 aliphatic rings. The van der Waals surface area contributed by atoms with E-state index in [-0.39, 0.29) is 29.6 Å². The highest BCUT2D eigenvalue weighted by molar-refractivity contribution is 5.95. The van der Waals surface area contributed by atoms with Crippen LogP contribution < -0.4 is 10.6 Å². The van der Waals surface area contributed by atoms with Crippen molar-refractivity contribution in [3.05, 3.63) is 95.3 Å². The molecular weight excluding hydrogens is 491 g/mol. The zero-order valence-electron chi connectivity index (χ0n) is 23.3. The van der Waals surface area contributed by atoms with Crippen molar-refractivity contribution in [1.29, 1.82) is 0 Å². The van der Waals surface area contributed by atoms with E-state index >= 15 is 4.39 Å². The second kappa shape index (κ2) is 12.4. The molecular formula is C32H39FN4O2. The number of anilines is 2. The first-order chi connectivity index (χ1) is 18.7. The van der Waals surface area contributed by atoms with Crippen LogP contribution in [-0.2, 0) is 6.54 Å². The van der Waals surface area contributed by atoms with E-state index in [0.717, 1.165) is 38.2 Å². The number of halogens is 1. The number of benzene rings is 3. The molecule has 0 spiro atoms. The molecule has 1 aliphatic heterocycles. The SMILES string of the molecule is CC(C)N(C(=O)c1ccc(N(c2cc(C(N)=O)ccc2F)C2CCN(Cc3ccccc3)CC2)cc1)C(C)C. The molecule has 0 unspecified atom stereocenters. The van der Waals surface area contributed by atoms with Gasteiger partial charge in [-0.1, -0.05) is 30.3 Å². The smallest absolute Gasteiger partial charge is 0.254 e. The second-order valence-electron chi connectivity index (χ2n) is 10.8. The Morgan fingerprint density at radius 2 is 1.49 bits per heavy atom. The zero-order valence-corrected chi connectivity index (χ0v) is 23.3. The first-order valence-electron chi connectivity index (χ1n) is 13.7. The molecule has 0 radical (unpaired) electrons. The number of carbonyl (C=O) groups is 2. The van der Waals surface area contributed by atoms with Crippen LogP contribution in [0.1, 0.15) is 66.8 Å². The summed E-state index contributed by atoms with van der Waals surface area (Å²) in [5, 5.41) is 0. The lowest BCUT2D eigenvalue weighted by Gasteiger charge is -2.40. The lowest BCUT2D eigenvalue weighted by molar-refractivity contribution is 0.0643. The van der Waals surface area contributed by atoms with E-state index in [1.807, 2.05) is 80.0 Å². The molecule has 4 rings (SSSR count). The highest BCUT2D eigenvalue weighted by Crippen LogP contribution is 2.35. The Morgan fingerprint density at radius 3 is 2.05 bits per heavy atom. The van der Waals surface area contributed by atoms with Crippen LogP contribution in [0.15, 0.2) is 72.8 Å². The van der Waals surface area contributed by atoms with Gasteiger partial charge in [-0.25, -0.2) is 4.39 Å². The highest BCUT2D eigenvalue weighted by atomic mass is 19.1. The third kappa shape index (κ3) is 6.66. The molecule has 6 nitrogen and oxygen atoms in total. The van der Waals surface area contributed by atoms with Gasteiger partial charge >= 0.3 is 0 Å². The van der Waals surface area contributed by atoms with Gasteiger partial charge in [0.1, 0.15) is 5.82 Å². The van der Waals surface area contributed by atoms with Crippen molar-refractivity contribution in [2.24, 2.45) is 5.73 Å². The van der Waals surface area contributed by atoms with Crippen molar-refractivity contribution in [3.8, 4) is 0 Å². The number of nitrogens with zero attached hydrogens (tertiary/aromatic N) is 3. The highest BCUT2D eigenvalue weighted by Gasteiger charge is 2.29. The topological polar surface area (TPSA) is 69.9 Å². The molecule has 1 saturated heterocycles. The summed E-state index contributed by atoms with van der Waals surface area (Å²) in [6.07, 6.45) is 1.64. The van der Waals surface area contributed by atoms with E-state index in [2.05, 4.69) is 17.0 Å². The molecule has 2 N–H and O–H groups in total. The molecule has 1 fully saturated rings. The predicted octanol–water partition coefficient (Wildman–Crippen LogP) is 5.99. The van der Waals surface area contributed by atoms with Crippen molar-refractivity contribution in [3.63, 3.8) is 0 Å². The minimum Gasteiger partial charge on any atom is -0.366 e. The lowest BCUT2D eigenvalue weighted by Crippen LogP contribution is -2.43. The van der Waals surface area contributed by atoms with E-state index in [4.69, 9.17) is 5.73 Å². The van der Waals surface area contributed by atoms with E-state index < -0.39 is 11.7 Å². The van der Waals surface area contributed by atoms with Gasteiger partial charge in [0.2, 0.25) is 5.91 Å². The molecule has 0 saturated carbocycles. The van der Waals surface area contributed by atoms with Crippen molar-refractivity contribution < 1.29 is 14.0 Å². The number of piperidine rings is 1. The Kier molecular flexibility index (Phi) is 9.02. The first kappa shape index (κ1) is 28.3. The number of amides is 2. The number of rotatable bonds is 9. The van der Waals surface area contributed by atoms with Gasteiger partial charge in [-0.15, -0.1) is 0 Å². The van der Waals surface area contributed by atoms with Crippen LogP contribution >= 0.6 is 0 Å². The largest absolute Gasteiger partial charge is 0.366 e. The van der Waals surface area contributed by atoms with Crippen molar-refractivity contribution >= 4 is 23.2 Å². The summed E-state index contributed by atoms with van der Waals surface area (Å²) >= 11 is 0. The minimum absolute atomic E-state index is 0.0130. The summed E-state index contributed by atoms with van der Waals surface area (Å²) in [5.74, 6) is -1.05. The van der Waals surface area contributed by atoms with E-state index in [9.17, 15) is 9.59 Å². The molecule has 7 heteroatoms. The van der Waals surface area contributed by atoms with Crippen molar-refractivity contribution in [2.75, 3.05) is 18.0 Å². The van der Waals surface area contributed by atoms with Gasteiger partial charge in [-0.05, 0) is 88.6 Å². The quantitative estimate of drug-likeness (QED) is 0.369. The maximum absolute atomic E-state index is 15.3. The predicted molar refractivity (Wildman–Crippen MR) is 155 cm³/mol. The molecule has 0 aromatic heterocycles. The number of nitrogens with two attached hydrogens (primary N) is 1. The van der Waals surface area contributed by atoms with Crippen molar-refractivity contribution in [1.82, 2.24) is 9.80 Å². The molecule has 0 aliphatic carbocycles. The van der Waals surface area contributed by atoms with E-state index in [0.29, 0.717) is 11.3 Å². The average molecular weight is 531 g/mol. The molecule has 3 aromatic rings. The summed E-state index contributed by atoms with van der Waals surface area (Å²) in [5.41, 5.74) is 8.75. The summed E-state index contributed by atoms with van der Waals surface area (Å²) in [6.45, 7) is 10.6. The van der Waals surface area contributed by atoms with Crippen LogP contribution in [0.5, 0.6) is 0 Å². The molecule has 0 atom stereocenters. The minimum atomic E-state index is -0.600. The number of likely N-dealkylation sites (tertiary alicyclic amines) is 1. The number of hydrogen-bond acceptors (Lipinski definition) is 4. The van der Waals surface area contributed by atoms with Crippen LogP contribution in [0.3, 0.4) is 0 Å². The molecule has 3 aromatic carbocycles. The summed E-state index contributed by atoms with van der Waals surface area (Å²) in [7, 11) is 0. The van der Waals surface area contributed by atoms with Crippen LogP contribution in [0.4, 0.5) is 15.8 Å². The standard InChI is InChI=1S/C32H39FN4O2/c1-22(2)36(23(3)4)32(39)25-10-13-27(14-11-25)37(30-20-26(31(34)38)12-15-29(30)33)28-16-18-35(19-17-28)21-24-8-6-5-7-9-24/h5-15,20,22-23,28H,16-19,21H2,1-4H3,(H2,34,38). The molecule has 2 amide bonds. The molecule has 206 valence electrons. The molecule has 39 heavy (non-hydrogen) atoms. The number of hydrogen-bond donors (Lipinski definition) is 1. The Balaban J connectivity index is 1.63. The maximum Gasteiger partial charge on any atom is 0.254 e. The Morgan fingerprint density at radius 1 is 0.897 bits per heavy atom. The first-order valence-corrected chi connectivity index (χ1v) is 13.7. The average Bonchev–Trinajstić information content (AvgIpc) is 2.91. The monoisotopic (exact) mass is 530 g/mol. The van der Waals surface area contributed by atoms with Gasteiger partial charge in [0, 0.05) is 54.6 Å². The van der Waals surface area contributed by atoms with Gasteiger partial charge in [-0.3, -0.25) is 14.5 Å². The second-order valence-corrected chi connectivity index (χ2v) is 10.8. The van der Waals surface area contributed by atoms with E-state index in [1.54, 1.807) is 0 Å². The fourth-order valence-electron chi connectivity index (χ4n) is 5.55. The molecule has 0 bridgehead atoms. The van der Waals surface area contributed by atoms with Crippen molar-refractivity contribution in [2.45, 2.75) is 65.2 Å². The number of primary amides is 1. The number of carbonyl (C=O) groups excluding carboxylic acids is 2. The third-order valence-electron chi connectivity index (χ3n) is 7.40. The van der Waals surface area contributed by atoms with Gasteiger partial charge in [0.25, 0.3) is 5.91 Å². The van der Waals surface area contributed by atoms with Crippen LogP contribution in [0, 0.1) is 5.82 Å². The zero-order chi connectivity index (χ0) is 28.1. The van der Waals surface area contributed by atoms with Gasteiger partial charge in [-0.2, -0.15) is 0 Å². The van der Waals surface area contributed by atoms with E-state index in [1.165, 1.54) is 23.8 Å². The lowest BCUT2D eigenvalue weighted by atomic mass is 9.99. The van der Waals surface area contributed by atoms with Crippen LogP contribution in [0.25, 0.3) is 0 Å². The van der Waals surface area contributed by atoms with Crippen LogP contribution in [-0.4, -0.2) is 52.8 Å². The van der Waals surface area contributed by atoms with Gasteiger partial charge in [0.15, 0.2) is 0 Å². The molecule has 1 heterocycles. The maximum atomic E-state index is 15.3. The Hall–Kier alpha value is -3.71. The third-order valence-corrected chi connectivity index (χ3v) is 7.40. The van der Waals surface area contributed by atoms with Crippen LogP contribution in [0.2, 0.25) is 0 Å². The fraction of sp³-hybridized carbons (Fsp3) is 0.375. The summed E-state index contributed by atoms with van der Waals surface area (Å²) < 4.78 is 15.3. The fourth-order valence-corrected chi connectivity index (χ4v) is 5.55. The Bertz CT molecular complexity index is 1260. The summed E-state index contributed by atoms with van der Waals surface area (Å²) in [4.78, 5) is 31.4. The van der Waals surface area contributed by atoms with Gasteiger partial charge < -0.3 is 15.5 Å². The van der Waals surface area contributed by atoms with Gasteiger partial charge in [0.05, 0.1) is 5.69 Å². The normalized spacial score (nSPS) is 14.5.